The maximum Gasteiger partial charge on any atom is 0.402 e. The van der Waals surface area contributed by atoms with Gasteiger partial charge < -0.3 is 19.1 Å². The van der Waals surface area contributed by atoms with Crippen LogP contribution in [0.25, 0.3) is 0 Å². The second-order valence-electron chi connectivity index (χ2n) is 4.16. The molecule has 0 aliphatic carbocycles. The number of rotatable bonds is 4. The van der Waals surface area contributed by atoms with Crippen molar-refractivity contribution >= 4 is 23.9 Å². The molecule has 0 N–H and O–H groups in total. The summed E-state index contributed by atoms with van der Waals surface area (Å²) in [6.45, 7) is 3.61. The SMILES string of the molecule is CC(=O)Oc1c(OC(C)=O)n(OC(C)=O)c(=O)n(OC(C)=O)c1=O. The van der Waals surface area contributed by atoms with E-state index in [0.29, 0.717) is 0 Å². The van der Waals surface area contributed by atoms with Crippen LogP contribution in [0.15, 0.2) is 9.59 Å². The van der Waals surface area contributed by atoms with Gasteiger partial charge in [-0.25, -0.2) is 14.4 Å². The molecule has 0 saturated heterocycles. The van der Waals surface area contributed by atoms with Crippen LogP contribution in [-0.4, -0.2) is 33.3 Å². The number of aromatic nitrogens is 2. The molecule has 0 atom stereocenters. The average Bonchev–Trinajstić information content (AvgIpc) is 2.42. The van der Waals surface area contributed by atoms with Crippen molar-refractivity contribution in [2.24, 2.45) is 0 Å². The van der Waals surface area contributed by atoms with Crippen molar-refractivity contribution in [1.29, 1.82) is 0 Å². The second kappa shape index (κ2) is 7.21. The topological polar surface area (TPSA) is 149 Å². The van der Waals surface area contributed by atoms with Gasteiger partial charge in [0.1, 0.15) is 0 Å². The van der Waals surface area contributed by atoms with Gasteiger partial charge in [0.05, 0.1) is 0 Å². The summed E-state index contributed by atoms with van der Waals surface area (Å²) in [5.74, 6) is -6.13. The fourth-order valence-electron chi connectivity index (χ4n) is 1.41. The lowest BCUT2D eigenvalue weighted by atomic mass is 10.5. The van der Waals surface area contributed by atoms with E-state index in [2.05, 4.69) is 19.1 Å². The third-order valence-electron chi connectivity index (χ3n) is 2.03. The van der Waals surface area contributed by atoms with Crippen LogP contribution in [0, 0.1) is 0 Å². The van der Waals surface area contributed by atoms with Crippen molar-refractivity contribution in [3.05, 3.63) is 20.8 Å². The summed E-state index contributed by atoms with van der Waals surface area (Å²) in [5, 5.41) is 0. The van der Waals surface area contributed by atoms with Crippen LogP contribution in [0.1, 0.15) is 27.7 Å². The van der Waals surface area contributed by atoms with Gasteiger partial charge in [0.15, 0.2) is 0 Å². The van der Waals surface area contributed by atoms with Crippen molar-refractivity contribution in [1.82, 2.24) is 9.46 Å². The maximum absolute atomic E-state index is 12.2. The number of ether oxygens (including phenoxy) is 2. The Hall–Kier alpha value is -3.44. The zero-order chi connectivity index (χ0) is 18.6. The summed E-state index contributed by atoms with van der Waals surface area (Å²) in [5.41, 5.74) is -2.91. The van der Waals surface area contributed by atoms with Crippen molar-refractivity contribution in [3.8, 4) is 11.6 Å². The molecular formula is C12H12N2O10. The lowest BCUT2D eigenvalue weighted by molar-refractivity contribution is -0.148. The molecule has 1 heterocycles. The van der Waals surface area contributed by atoms with Crippen LogP contribution in [0.2, 0.25) is 0 Å². The Kier molecular flexibility index (Phi) is 5.59. The highest BCUT2D eigenvalue weighted by Gasteiger charge is 2.28. The van der Waals surface area contributed by atoms with Crippen LogP contribution in [0.3, 0.4) is 0 Å². The average molecular weight is 344 g/mol. The van der Waals surface area contributed by atoms with Gasteiger partial charge in [-0.15, -0.1) is 0 Å². The first-order valence-corrected chi connectivity index (χ1v) is 6.21. The van der Waals surface area contributed by atoms with Crippen LogP contribution >= 0.6 is 0 Å². The first-order chi connectivity index (χ1) is 11.0. The molecule has 0 spiro atoms. The molecule has 0 saturated carbocycles. The Labute approximate surface area is 133 Å². The maximum atomic E-state index is 12.2. The lowest BCUT2D eigenvalue weighted by Gasteiger charge is -2.15. The van der Waals surface area contributed by atoms with Crippen LogP contribution in [0.5, 0.6) is 11.6 Å². The largest absolute Gasteiger partial charge is 0.415 e. The van der Waals surface area contributed by atoms with Crippen LogP contribution < -0.4 is 30.4 Å². The molecule has 0 amide bonds. The number of carbonyl (C=O) groups is 4. The third kappa shape index (κ3) is 4.28. The van der Waals surface area contributed by atoms with E-state index < -0.39 is 46.8 Å². The summed E-state index contributed by atoms with van der Waals surface area (Å²) < 4.78 is 9.11. The van der Waals surface area contributed by atoms with Crippen molar-refractivity contribution < 1.29 is 38.3 Å². The molecule has 0 aromatic carbocycles. The van der Waals surface area contributed by atoms with Gasteiger partial charge in [-0.2, -0.15) is 0 Å². The predicted molar refractivity (Wildman–Crippen MR) is 72.1 cm³/mol. The van der Waals surface area contributed by atoms with Gasteiger partial charge in [-0.05, 0) is 0 Å². The van der Waals surface area contributed by atoms with Gasteiger partial charge >= 0.3 is 35.1 Å². The molecule has 1 aromatic rings. The molecule has 0 aliphatic heterocycles. The fourth-order valence-corrected chi connectivity index (χ4v) is 1.41. The molecule has 0 unspecified atom stereocenters. The Bertz CT molecular complexity index is 780. The highest BCUT2D eigenvalue weighted by atomic mass is 16.7. The first kappa shape index (κ1) is 18.6. The van der Waals surface area contributed by atoms with Gasteiger partial charge in [0, 0.05) is 27.7 Å². The number of hydrogen-bond acceptors (Lipinski definition) is 10. The lowest BCUT2D eigenvalue weighted by Crippen LogP contribution is -2.48. The summed E-state index contributed by atoms with van der Waals surface area (Å²) in [7, 11) is 0. The minimum absolute atomic E-state index is 0.0341. The molecule has 0 aliphatic rings. The van der Waals surface area contributed by atoms with E-state index in [1.54, 1.807) is 0 Å². The van der Waals surface area contributed by atoms with E-state index in [-0.39, 0.29) is 9.46 Å². The molecule has 24 heavy (non-hydrogen) atoms. The van der Waals surface area contributed by atoms with Gasteiger partial charge in [-0.1, -0.05) is 9.46 Å². The monoisotopic (exact) mass is 344 g/mol. The third-order valence-corrected chi connectivity index (χ3v) is 2.03. The van der Waals surface area contributed by atoms with Crippen molar-refractivity contribution in [2.75, 3.05) is 0 Å². The summed E-state index contributed by atoms with van der Waals surface area (Å²) in [6, 6.07) is 0. The summed E-state index contributed by atoms with van der Waals surface area (Å²) >= 11 is 0. The fraction of sp³-hybridized carbons (Fsp3) is 0.333. The molecule has 0 fully saturated rings. The quantitative estimate of drug-likeness (QED) is 0.551. The minimum Gasteiger partial charge on any atom is -0.415 e. The van der Waals surface area contributed by atoms with Gasteiger partial charge in [0.25, 0.3) is 11.6 Å². The molecule has 1 rings (SSSR count). The van der Waals surface area contributed by atoms with E-state index in [1.165, 1.54) is 0 Å². The zero-order valence-electron chi connectivity index (χ0n) is 13.0. The molecule has 130 valence electrons. The first-order valence-electron chi connectivity index (χ1n) is 6.21. The van der Waals surface area contributed by atoms with E-state index in [9.17, 15) is 28.8 Å². The Morgan fingerprint density at radius 2 is 1.17 bits per heavy atom. The molecule has 12 heteroatoms. The smallest absolute Gasteiger partial charge is 0.402 e. The highest BCUT2D eigenvalue weighted by molar-refractivity contribution is 5.73. The van der Waals surface area contributed by atoms with Crippen LogP contribution in [-0.2, 0) is 19.2 Å². The van der Waals surface area contributed by atoms with E-state index >= 15 is 0 Å². The van der Waals surface area contributed by atoms with Crippen LogP contribution in [0.4, 0.5) is 0 Å². The van der Waals surface area contributed by atoms with Crippen molar-refractivity contribution in [3.63, 3.8) is 0 Å². The molecule has 12 nitrogen and oxygen atoms in total. The number of esters is 2. The Morgan fingerprint density at radius 3 is 1.58 bits per heavy atom. The summed E-state index contributed by atoms with van der Waals surface area (Å²) in [6.07, 6.45) is 0. The number of nitrogens with zero attached hydrogens (tertiary/aromatic N) is 2. The predicted octanol–water partition coefficient (Wildman–Crippen LogP) is -2.19. The zero-order valence-corrected chi connectivity index (χ0v) is 13.0. The molecule has 0 radical (unpaired) electrons. The van der Waals surface area contributed by atoms with E-state index in [1.807, 2.05) is 0 Å². The number of carbonyl (C=O) groups excluding carboxylic acids is 4. The molecule has 1 aromatic heterocycles. The Morgan fingerprint density at radius 1 is 0.708 bits per heavy atom. The Balaban J connectivity index is 3.86. The number of hydrogen-bond donors (Lipinski definition) is 0. The van der Waals surface area contributed by atoms with Gasteiger partial charge in [0.2, 0.25) is 0 Å². The van der Waals surface area contributed by atoms with Crippen molar-refractivity contribution in [2.45, 2.75) is 27.7 Å². The van der Waals surface area contributed by atoms with Gasteiger partial charge in [-0.3, -0.25) is 14.4 Å². The summed E-state index contributed by atoms with van der Waals surface area (Å²) in [4.78, 5) is 77.7. The molecule has 0 bridgehead atoms. The minimum atomic E-state index is -1.49. The van der Waals surface area contributed by atoms with E-state index in [0.717, 1.165) is 27.7 Å². The normalized spacial score (nSPS) is 9.83. The second-order valence-corrected chi connectivity index (χ2v) is 4.16. The van der Waals surface area contributed by atoms with E-state index in [4.69, 9.17) is 0 Å². The highest BCUT2D eigenvalue weighted by Crippen LogP contribution is 2.20. The molecular weight excluding hydrogens is 332 g/mol. The standard InChI is InChI=1S/C12H12N2O10/c1-5(15)21-9-10(19)13(23-7(3)17)12(20)14(24-8(4)18)11(9)22-6(2)16/h1-4H3.